The zero-order chi connectivity index (χ0) is 14.3. The van der Waals surface area contributed by atoms with Crippen molar-refractivity contribution in [2.45, 2.75) is 44.5 Å². The largest absolute Gasteiger partial charge is 0.396 e. The van der Waals surface area contributed by atoms with E-state index in [1.165, 1.54) is 6.07 Å². The second kappa shape index (κ2) is 4.90. The van der Waals surface area contributed by atoms with Crippen molar-refractivity contribution in [3.8, 4) is 6.07 Å². The third kappa shape index (κ3) is 2.84. The van der Waals surface area contributed by atoms with Crippen molar-refractivity contribution in [2.24, 2.45) is 0 Å². The molecular weight excluding hydrogens is 281 g/mol. The van der Waals surface area contributed by atoms with Crippen LogP contribution in [-0.2, 0) is 16.4 Å². The molecule has 0 heterocycles. The predicted molar refractivity (Wildman–Crippen MR) is 76.1 cm³/mol. The topological polar surface area (TPSA) is 33.0 Å². The van der Waals surface area contributed by atoms with E-state index >= 15 is 0 Å². The fourth-order valence-electron chi connectivity index (χ4n) is 2.63. The zero-order valence-electron chi connectivity index (χ0n) is 11.4. The first-order chi connectivity index (χ1) is 8.77. The summed E-state index contributed by atoms with van der Waals surface area (Å²) in [6.07, 6.45) is 1.99. The van der Waals surface area contributed by atoms with Crippen LogP contribution in [0.4, 0.5) is 4.39 Å². The molecule has 0 aromatic heterocycles. The van der Waals surface area contributed by atoms with Crippen LogP contribution in [0.2, 0.25) is 24.7 Å². The van der Waals surface area contributed by atoms with Crippen molar-refractivity contribution in [1.82, 2.24) is 0 Å². The summed E-state index contributed by atoms with van der Waals surface area (Å²) in [6.45, 7) is 6.09. The van der Waals surface area contributed by atoms with E-state index in [9.17, 15) is 9.65 Å². The molecule has 0 N–H and O–H groups in total. The van der Waals surface area contributed by atoms with Crippen molar-refractivity contribution in [2.75, 3.05) is 0 Å². The first-order valence-electron chi connectivity index (χ1n) is 6.37. The molecule has 0 fully saturated rings. The Bertz CT molecular complexity index is 550. The Hall–Kier alpha value is -0.893. The molecule has 5 heteroatoms. The molecule has 1 aromatic carbocycles. The molecule has 19 heavy (non-hydrogen) atoms. The molecule has 1 aliphatic carbocycles. The van der Waals surface area contributed by atoms with Crippen LogP contribution < -0.4 is 0 Å². The number of hydrogen-bond donors (Lipinski definition) is 0. The van der Waals surface area contributed by atoms with Gasteiger partial charge in [-0.1, -0.05) is 11.6 Å². The molecule has 0 aliphatic heterocycles. The highest BCUT2D eigenvalue weighted by atomic mass is 35.5. The van der Waals surface area contributed by atoms with Crippen LogP contribution in [0.3, 0.4) is 0 Å². The van der Waals surface area contributed by atoms with E-state index in [0.717, 1.165) is 6.42 Å². The Balaban J connectivity index is 2.60. The van der Waals surface area contributed by atoms with E-state index in [1.807, 2.05) is 19.6 Å². The second-order valence-corrected chi connectivity index (χ2v) is 10.8. The van der Waals surface area contributed by atoms with E-state index in [0.29, 0.717) is 29.0 Å². The maximum Gasteiger partial charge on any atom is 0.186 e. The second-order valence-electron chi connectivity index (χ2n) is 5.92. The molecule has 1 unspecified atom stereocenters. The van der Waals surface area contributed by atoms with E-state index in [4.69, 9.17) is 16.0 Å². The summed E-state index contributed by atoms with van der Waals surface area (Å²) in [6, 6.07) is 5.26. The number of fused-ring (bicyclic) bond motifs is 1. The van der Waals surface area contributed by atoms with Crippen molar-refractivity contribution < 1.29 is 8.82 Å². The summed E-state index contributed by atoms with van der Waals surface area (Å²) in [5.74, 6) is -0.332. The van der Waals surface area contributed by atoms with Crippen LogP contribution in [0.25, 0.3) is 0 Å². The van der Waals surface area contributed by atoms with E-state index in [-0.39, 0.29) is 5.82 Å². The summed E-state index contributed by atoms with van der Waals surface area (Å²) in [4.78, 5) is 0. The Morgan fingerprint density at radius 1 is 1.42 bits per heavy atom. The SMILES string of the molecule is C[Si](C)(C)OC1(C#N)CCCc2c(F)cc(Cl)cc21. The van der Waals surface area contributed by atoms with Gasteiger partial charge in [-0.3, -0.25) is 0 Å². The normalized spacial score (nSPS) is 22.7. The first kappa shape index (κ1) is 14.5. The van der Waals surface area contributed by atoms with Gasteiger partial charge in [-0.05, 0) is 56.6 Å². The molecule has 2 rings (SSSR count). The fourth-order valence-corrected chi connectivity index (χ4v) is 4.14. The van der Waals surface area contributed by atoms with Gasteiger partial charge in [0.15, 0.2) is 13.9 Å². The number of rotatable bonds is 2. The molecule has 0 spiro atoms. The van der Waals surface area contributed by atoms with Gasteiger partial charge in [-0.2, -0.15) is 5.26 Å². The van der Waals surface area contributed by atoms with Gasteiger partial charge in [0, 0.05) is 10.6 Å². The lowest BCUT2D eigenvalue weighted by Crippen LogP contribution is -2.42. The maximum absolute atomic E-state index is 14.0. The molecule has 0 bridgehead atoms. The summed E-state index contributed by atoms with van der Waals surface area (Å²) in [5, 5.41) is 9.93. The van der Waals surface area contributed by atoms with Crippen molar-refractivity contribution in [3.05, 3.63) is 34.1 Å². The number of halogens is 2. The molecule has 0 saturated carbocycles. The molecule has 0 radical (unpaired) electrons. The van der Waals surface area contributed by atoms with Gasteiger partial charge in [0.1, 0.15) is 11.9 Å². The third-order valence-electron chi connectivity index (χ3n) is 3.21. The first-order valence-corrected chi connectivity index (χ1v) is 10.2. The quantitative estimate of drug-likeness (QED) is 0.759. The smallest absolute Gasteiger partial charge is 0.186 e. The molecule has 102 valence electrons. The minimum absolute atomic E-state index is 0.317. The molecule has 1 aromatic rings. The summed E-state index contributed by atoms with van der Waals surface area (Å²) >= 11 is 5.94. The van der Waals surface area contributed by atoms with Gasteiger partial charge >= 0.3 is 0 Å². The van der Waals surface area contributed by atoms with Crippen LogP contribution in [-0.4, -0.2) is 8.32 Å². The highest BCUT2D eigenvalue weighted by molar-refractivity contribution is 6.69. The van der Waals surface area contributed by atoms with E-state index < -0.39 is 13.9 Å². The Labute approximate surface area is 119 Å². The highest BCUT2D eigenvalue weighted by Gasteiger charge is 2.42. The van der Waals surface area contributed by atoms with Crippen molar-refractivity contribution >= 4 is 19.9 Å². The van der Waals surface area contributed by atoms with E-state index in [2.05, 4.69) is 6.07 Å². The van der Waals surface area contributed by atoms with Crippen molar-refractivity contribution in [1.29, 1.82) is 5.26 Å². The van der Waals surface area contributed by atoms with Gasteiger partial charge in [0.2, 0.25) is 0 Å². The minimum Gasteiger partial charge on any atom is -0.396 e. The van der Waals surface area contributed by atoms with Crippen LogP contribution in [0.15, 0.2) is 12.1 Å². The lowest BCUT2D eigenvalue weighted by molar-refractivity contribution is 0.0975. The summed E-state index contributed by atoms with van der Waals surface area (Å²) in [7, 11) is -1.93. The number of hydrogen-bond acceptors (Lipinski definition) is 2. The lowest BCUT2D eigenvalue weighted by atomic mass is 9.80. The molecule has 1 atom stereocenters. The molecule has 0 saturated heterocycles. The summed E-state index contributed by atoms with van der Waals surface area (Å²) in [5.41, 5.74) is 0.160. The summed E-state index contributed by atoms with van der Waals surface area (Å²) < 4.78 is 20.1. The van der Waals surface area contributed by atoms with E-state index in [1.54, 1.807) is 6.07 Å². The van der Waals surface area contributed by atoms with Crippen molar-refractivity contribution in [3.63, 3.8) is 0 Å². The Morgan fingerprint density at radius 3 is 2.68 bits per heavy atom. The number of nitrogens with zero attached hydrogens (tertiary/aromatic N) is 1. The Morgan fingerprint density at radius 2 is 2.11 bits per heavy atom. The molecular formula is C14H17ClFNOSi. The highest BCUT2D eigenvalue weighted by Crippen LogP contribution is 2.42. The van der Waals surface area contributed by atoms with Gasteiger partial charge in [0.05, 0.1) is 0 Å². The van der Waals surface area contributed by atoms with Crippen LogP contribution in [0, 0.1) is 17.1 Å². The average Bonchev–Trinajstić information content (AvgIpc) is 2.28. The monoisotopic (exact) mass is 297 g/mol. The molecule has 2 nitrogen and oxygen atoms in total. The molecule has 0 amide bonds. The Kier molecular flexibility index (Phi) is 3.74. The van der Waals surface area contributed by atoms with Crippen LogP contribution >= 0.6 is 11.6 Å². The lowest BCUT2D eigenvalue weighted by Gasteiger charge is -2.38. The van der Waals surface area contributed by atoms with Gasteiger partial charge in [-0.15, -0.1) is 0 Å². The number of nitriles is 1. The van der Waals surface area contributed by atoms with Gasteiger partial charge in [-0.25, -0.2) is 4.39 Å². The minimum atomic E-state index is -1.93. The van der Waals surface area contributed by atoms with Gasteiger partial charge < -0.3 is 4.43 Å². The van der Waals surface area contributed by atoms with Crippen LogP contribution in [0.5, 0.6) is 0 Å². The van der Waals surface area contributed by atoms with Crippen LogP contribution in [0.1, 0.15) is 24.0 Å². The average molecular weight is 298 g/mol. The standard InChI is InChI=1S/C14H17ClFNOSi/c1-19(2,3)18-14(9-17)6-4-5-11-12(14)7-10(15)8-13(11)16/h7-8H,4-6H2,1-3H3. The zero-order valence-corrected chi connectivity index (χ0v) is 13.1. The fraction of sp³-hybridized carbons (Fsp3) is 0.500. The number of benzene rings is 1. The maximum atomic E-state index is 14.0. The van der Waals surface area contributed by atoms with Gasteiger partial charge in [0.25, 0.3) is 0 Å². The predicted octanol–water partition coefficient (Wildman–Crippen LogP) is 4.39. The third-order valence-corrected chi connectivity index (χ3v) is 4.39. The molecule has 1 aliphatic rings.